The Morgan fingerprint density at radius 1 is 0.875 bits per heavy atom. The van der Waals surface area contributed by atoms with Gasteiger partial charge < -0.3 is 21.7 Å². The van der Waals surface area contributed by atoms with Gasteiger partial charge in [0.2, 0.25) is 0 Å². The van der Waals surface area contributed by atoms with E-state index in [0.717, 1.165) is 17.9 Å². The molecule has 1 heterocycles. The van der Waals surface area contributed by atoms with Crippen LogP contribution in [0.1, 0.15) is 5.56 Å². The largest absolute Gasteiger partial charge is 1.00 e. The van der Waals surface area contributed by atoms with Crippen molar-refractivity contribution in [2.24, 2.45) is 0 Å². The highest BCUT2D eigenvalue weighted by Crippen LogP contribution is 2.21. The van der Waals surface area contributed by atoms with Crippen molar-refractivity contribution in [2.45, 2.75) is 6.54 Å². The number of halogens is 1. The van der Waals surface area contributed by atoms with Crippen molar-refractivity contribution in [1.29, 1.82) is 0 Å². The normalized spacial score (nSPS) is 9.88. The predicted molar refractivity (Wildman–Crippen MR) is 94.1 cm³/mol. The minimum Gasteiger partial charge on any atom is -1.00 e. The first kappa shape index (κ1) is 18.0. The number of hydrogen-bond donors (Lipinski definition) is 0. The van der Waals surface area contributed by atoms with E-state index in [2.05, 4.69) is 59.9 Å². The molecule has 3 aromatic rings. The van der Waals surface area contributed by atoms with E-state index in [1.165, 1.54) is 16.7 Å². The molecule has 3 heteroatoms. The topological polar surface area (TPSA) is 13.1 Å². The number of rotatable bonds is 5. The number of nitrogens with zero attached hydrogens (tertiary/aromatic N) is 1. The van der Waals surface area contributed by atoms with Crippen molar-refractivity contribution in [3.63, 3.8) is 0 Å². The van der Waals surface area contributed by atoms with Gasteiger partial charge in [-0.15, -0.1) is 0 Å². The Hall–Kier alpha value is -2.39. The van der Waals surface area contributed by atoms with Gasteiger partial charge in [0, 0.05) is 17.7 Å². The quantitative estimate of drug-likeness (QED) is 0.608. The lowest BCUT2D eigenvalue weighted by atomic mass is 10.1. The summed E-state index contributed by atoms with van der Waals surface area (Å²) in [5.74, 6) is 0.874. The van der Waals surface area contributed by atoms with Gasteiger partial charge in [-0.25, -0.2) is 4.57 Å². The summed E-state index contributed by atoms with van der Waals surface area (Å²) in [7, 11) is 1.68. The van der Waals surface area contributed by atoms with Gasteiger partial charge in [-0.3, -0.25) is 0 Å². The van der Waals surface area contributed by atoms with E-state index in [9.17, 15) is 0 Å². The van der Waals surface area contributed by atoms with Gasteiger partial charge in [0.1, 0.15) is 5.75 Å². The minimum atomic E-state index is 0. The van der Waals surface area contributed by atoms with E-state index >= 15 is 0 Å². The first-order chi connectivity index (χ1) is 11.3. The van der Waals surface area contributed by atoms with Crippen LogP contribution in [0.3, 0.4) is 0 Å². The Morgan fingerprint density at radius 2 is 1.46 bits per heavy atom. The van der Waals surface area contributed by atoms with Crippen LogP contribution >= 0.6 is 0 Å². The maximum atomic E-state index is 5.20. The molecule has 3 rings (SSSR count). The maximum Gasteiger partial charge on any atom is 0.173 e. The number of ether oxygens (including phenoxy) is 1. The molecule has 0 saturated carbocycles. The Bertz CT molecular complexity index is 780. The first-order valence-electron chi connectivity index (χ1n) is 7.63. The van der Waals surface area contributed by atoms with Crippen LogP contribution in [0.4, 0.5) is 0 Å². The van der Waals surface area contributed by atoms with Crippen molar-refractivity contribution in [2.75, 3.05) is 7.11 Å². The van der Waals surface area contributed by atoms with E-state index in [-0.39, 0.29) is 17.0 Å². The zero-order valence-electron chi connectivity index (χ0n) is 13.7. The highest BCUT2D eigenvalue weighted by Gasteiger charge is 2.07. The summed E-state index contributed by atoms with van der Waals surface area (Å²) < 4.78 is 7.34. The number of pyridine rings is 1. The number of hydrogen-bond acceptors (Lipinski definition) is 1. The van der Waals surface area contributed by atoms with Gasteiger partial charge in [0.25, 0.3) is 0 Å². The first-order valence-corrected chi connectivity index (χ1v) is 7.63. The summed E-state index contributed by atoms with van der Waals surface area (Å²) in [5, 5.41) is 0. The number of benzene rings is 2. The summed E-state index contributed by atoms with van der Waals surface area (Å²) in [6, 6.07) is 22.6. The monoisotopic (exact) mass is 381 g/mol. The molecule has 0 aliphatic carbocycles. The molecule has 0 radical (unpaired) electrons. The van der Waals surface area contributed by atoms with Crippen LogP contribution in [-0.2, 0) is 6.54 Å². The Balaban J connectivity index is 0.00000208. The Kier molecular flexibility index (Phi) is 6.33. The van der Waals surface area contributed by atoms with Crippen LogP contribution in [0.5, 0.6) is 5.75 Å². The van der Waals surface area contributed by atoms with E-state index < -0.39 is 0 Å². The van der Waals surface area contributed by atoms with Gasteiger partial charge in [0.05, 0.1) is 7.11 Å². The molecule has 2 nitrogen and oxygen atoms in total. The van der Waals surface area contributed by atoms with Crippen LogP contribution < -0.4 is 26.3 Å². The lowest BCUT2D eigenvalue weighted by Gasteiger charge is -2.05. The van der Waals surface area contributed by atoms with Crippen molar-refractivity contribution >= 4 is 5.57 Å². The zero-order valence-corrected chi connectivity index (χ0v) is 15.2. The van der Waals surface area contributed by atoms with Gasteiger partial charge in [-0.05, 0) is 28.8 Å². The van der Waals surface area contributed by atoms with E-state index in [1.54, 1.807) is 7.11 Å². The molecule has 0 saturated heterocycles. The average molecular weight is 382 g/mol. The molecule has 0 aliphatic heterocycles. The van der Waals surface area contributed by atoms with Crippen LogP contribution in [0.2, 0.25) is 0 Å². The van der Waals surface area contributed by atoms with Crippen LogP contribution in [-0.4, -0.2) is 7.11 Å². The fraction of sp³-hybridized carbons (Fsp3) is 0.0952. The van der Waals surface area contributed by atoms with Crippen molar-refractivity contribution in [1.82, 2.24) is 0 Å². The molecule has 122 valence electrons. The lowest BCUT2D eigenvalue weighted by molar-refractivity contribution is -0.684. The molecule has 0 bridgehead atoms. The summed E-state index contributed by atoms with van der Waals surface area (Å²) >= 11 is 0. The minimum absolute atomic E-state index is 0. The average Bonchev–Trinajstić information content (AvgIpc) is 2.63. The van der Waals surface area contributed by atoms with Gasteiger partial charge in [-0.2, -0.15) is 0 Å². The summed E-state index contributed by atoms with van der Waals surface area (Å²) in [6.45, 7) is 4.97. The fourth-order valence-corrected chi connectivity index (χ4v) is 2.52. The summed E-state index contributed by atoms with van der Waals surface area (Å²) in [5.41, 5.74) is 4.65. The highest BCUT2D eigenvalue weighted by molar-refractivity contribution is 5.63. The summed E-state index contributed by atoms with van der Waals surface area (Å²) in [6.07, 6.45) is 4.18. The smallest absolute Gasteiger partial charge is 0.173 e. The highest BCUT2D eigenvalue weighted by atomic mass is 79.9. The third kappa shape index (κ3) is 4.33. The molecule has 0 unspecified atom stereocenters. The van der Waals surface area contributed by atoms with E-state index in [0.29, 0.717) is 0 Å². The van der Waals surface area contributed by atoms with Gasteiger partial charge >= 0.3 is 0 Å². The second kappa shape index (κ2) is 8.46. The van der Waals surface area contributed by atoms with Gasteiger partial charge in [0.15, 0.2) is 18.9 Å². The molecule has 1 aromatic heterocycles. The zero-order chi connectivity index (χ0) is 16.1. The lowest BCUT2D eigenvalue weighted by Crippen LogP contribution is -3.00. The molecule has 0 amide bonds. The molecule has 0 atom stereocenters. The van der Waals surface area contributed by atoms with E-state index in [1.807, 2.05) is 30.3 Å². The van der Waals surface area contributed by atoms with Crippen LogP contribution in [0.25, 0.3) is 16.7 Å². The van der Waals surface area contributed by atoms with Crippen molar-refractivity contribution in [3.05, 3.63) is 91.3 Å². The molecule has 0 spiro atoms. The van der Waals surface area contributed by atoms with E-state index in [4.69, 9.17) is 4.74 Å². The molecular weight excluding hydrogens is 362 g/mol. The Morgan fingerprint density at radius 3 is 2.04 bits per heavy atom. The molecule has 0 N–H and O–H groups in total. The maximum absolute atomic E-state index is 5.20. The third-order valence-corrected chi connectivity index (χ3v) is 3.87. The van der Waals surface area contributed by atoms with Crippen molar-refractivity contribution in [3.8, 4) is 16.9 Å². The SMILES string of the molecule is C=C(C[n+]1ccc(-c2ccc(OC)cc2)cc1)c1ccccc1.[Br-]. The number of aromatic nitrogens is 1. The van der Waals surface area contributed by atoms with Crippen LogP contribution in [0.15, 0.2) is 85.7 Å². The second-order valence-corrected chi connectivity index (χ2v) is 5.46. The molecule has 24 heavy (non-hydrogen) atoms. The molecule has 0 fully saturated rings. The van der Waals surface area contributed by atoms with Crippen LogP contribution in [0, 0.1) is 0 Å². The predicted octanol–water partition coefficient (Wildman–Crippen LogP) is 1.37. The van der Waals surface area contributed by atoms with Gasteiger partial charge in [-0.1, -0.05) is 49.0 Å². The standard InChI is InChI=1S/C21H20NO.BrH/c1-17(18-6-4-3-5-7-18)16-22-14-12-20(13-15-22)19-8-10-21(23-2)11-9-19;/h3-15H,1,16H2,2H3;1H/q+1;/p-1. The third-order valence-electron chi connectivity index (χ3n) is 3.87. The molecular formula is C21H20BrNO. The molecule has 0 aliphatic rings. The number of allylic oxidation sites excluding steroid dienone is 1. The summed E-state index contributed by atoms with van der Waals surface area (Å²) in [4.78, 5) is 0. The molecule has 2 aromatic carbocycles. The fourth-order valence-electron chi connectivity index (χ4n) is 2.52. The second-order valence-electron chi connectivity index (χ2n) is 5.46. The number of methoxy groups -OCH3 is 1. The van der Waals surface area contributed by atoms with Crippen molar-refractivity contribution < 1.29 is 26.3 Å². The Labute approximate surface area is 153 Å².